The minimum atomic E-state index is -0.982. The summed E-state index contributed by atoms with van der Waals surface area (Å²) in [6, 6.07) is 4.69. The minimum absolute atomic E-state index is 0. The van der Waals surface area contributed by atoms with Crippen LogP contribution in [0, 0.1) is 11.2 Å². The Labute approximate surface area is 157 Å². The molecule has 0 radical (unpaired) electrons. The Kier molecular flexibility index (Phi) is 6.84. The SMILES string of the molecule is CCOC1CC(N)(C(=O)N(C)Cc2cc(Br)ccc2F)C1(C)C.Cl. The normalized spacial score (nSPS) is 24.7. The molecule has 1 aromatic rings. The zero-order valence-electron chi connectivity index (χ0n) is 14.4. The van der Waals surface area contributed by atoms with Crippen LogP contribution in [-0.4, -0.2) is 36.1 Å². The number of hydrogen-bond acceptors (Lipinski definition) is 3. The van der Waals surface area contributed by atoms with Gasteiger partial charge in [0.05, 0.1) is 6.10 Å². The predicted molar refractivity (Wildman–Crippen MR) is 98.6 cm³/mol. The number of amides is 1. The molecule has 1 fully saturated rings. The predicted octanol–water partition coefficient (Wildman–Crippen LogP) is 3.50. The number of halogens is 3. The lowest BCUT2D eigenvalue weighted by Crippen LogP contribution is -2.75. The molecule has 2 unspecified atom stereocenters. The summed E-state index contributed by atoms with van der Waals surface area (Å²) in [7, 11) is 1.65. The van der Waals surface area contributed by atoms with Crippen molar-refractivity contribution in [2.24, 2.45) is 11.1 Å². The molecular formula is C17H25BrClFN2O2. The van der Waals surface area contributed by atoms with Crippen LogP contribution in [0.25, 0.3) is 0 Å². The monoisotopic (exact) mass is 422 g/mol. The molecule has 0 heterocycles. The number of carbonyl (C=O) groups is 1. The van der Waals surface area contributed by atoms with Gasteiger partial charge in [0.2, 0.25) is 5.91 Å². The van der Waals surface area contributed by atoms with Gasteiger partial charge < -0.3 is 15.4 Å². The highest BCUT2D eigenvalue weighted by molar-refractivity contribution is 9.10. The Morgan fingerprint density at radius 1 is 1.50 bits per heavy atom. The Morgan fingerprint density at radius 3 is 2.67 bits per heavy atom. The first-order valence-electron chi connectivity index (χ1n) is 7.73. The van der Waals surface area contributed by atoms with Gasteiger partial charge in [-0.05, 0) is 25.1 Å². The second-order valence-electron chi connectivity index (χ2n) is 6.74. The van der Waals surface area contributed by atoms with Gasteiger partial charge in [0.25, 0.3) is 0 Å². The quantitative estimate of drug-likeness (QED) is 0.788. The molecule has 2 atom stereocenters. The van der Waals surface area contributed by atoms with E-state index in [1.807, 2.05) is 20.8 Å². The zero-order valence-corrected chi connectivity index (χ0v) is 16.8. The van der Waals surface area contributed by atoms with E-state index in [0.29, 0.717) is 18.6 Å². The molecule has 1 aliphatic carbocycles. The van der Waals surface area contributed by atoms with E-state index in [1.165, 1.54) is 11.0 Å². The maximum Gasteiger partial charge on any atom is 0.243 e. The van der Waals surface area contributed by atoms with Crippen molar-refractivity contribution < 1.29 is 13.9 Å². The third-order valence-electron chi connectivity index (χ3n) is 4.97. The first-order chi connectivity index (χ1) is 10.6. The highest BCUT2D eigenvalue weighted by Crippen LogP contribution is 2.50. The van der Waals surface area contributed by atoms with Crippen molar-refractivity contribution in [2.75, 3.05) is 13.7 Å². The van der Waals surface area contributed by atoms with Crippen molar-refractivity contribution in [1.29, 1.82) is 0 Å². The molecule has 2 rings (SSSR count). The highest BCUT2D eigenvalue weighted by Gasteiger charge is 2.63. The Morgan fingerprint density at radius 2 is 2.12 bits per heavy atom. The number of rotatable bonds is 5. The first kappa shape index (κ1) is 21.4. The van der Waals surface area contributed by atoms with Gasteiger partial charge in [0.1, 0.15) is 11.4 Å². The summed E-state index contributed by atoms with van der Waals surface area (Å²) < 4.78 is 20.3. The highest BCUT2D eigenvalue weighted by atomic mass is 79.9. The van der Waals surface area contributed by atoms with E-state index >= 15 is 0 Å². The zero-order chi connectivity index (χ0) is 17.4. The minimum Gasteiger partial charge on any atom is -0.378 e. The van der Waals surface area contributed by atoms with Crippen LogP contribution >= 0.6 is 28.3 Å². The molecule has 136 valence electrons. The summed E-state index contributed by atoms with van der Waals surface area (Å²) in [5.41, 5.74) is 5.41. The summed E-state index contributed by atoms with van der Waals surface area (Å²) in [5, 5.41) is 0. The molecule has 4 nitrogen and oxygen atoms in total. The fourth-order valence-electron chi connectivity index (χ4n) is 3.13. The Hall–Kier alpha value is -0.690. The standard InChI is InChI=1S/C17H24BrFN2O2.ClH/c1-5-23-14-9-17(20,16(14,2)3)15(22)21(4)10-11-8-12(18)6-7-13(11)19;/h6-8,14H,5,9-10,20H2,1-4H3;1H. The summed E-state index contributed by atoms with van der Waals surface area (Å²) in [5.74, 6) is -0.517. The fraction of sp³-hybridized carbons (Fsp3) is 0.588. The number of hydrogen-bond donors (Lipinski definition) is 1. The lowest BCUT2D eigenvalue weighted by molar-refractivity contribution is -0.178. The molecule has 0 spiro atoms. The molecule has 0 aliphatic heterocycles. The number of likely N-dealkylation sites (N-methyl/N-ethyl adjacent to an activating group) is 1. The molecule has 0 aromatic heterocycles. The van der Waals surface area contributed by atoms with Gasteiger partial charge in [-0.25, -0.2) is 4.39 Å². The molecule has 2 N–H and O–H groups in total. The van der Waals surface area contributed by atoms with Gasteiger partial charge in [-0.2, -0.15) is 0 Å². The molecule has 0 bridgehead atoms. The van der Waals surface area contributed by atoms with Crippen LogP contribution in [0.1, 0.15) is 32.8 Å². The maximum absolute atomic E-state index is 13.9. The number of ether oxygens (including phenoxy) is 1. The van der Waals surface area contributed by atoms with Crippen molar-refractivity contribution in [3.05, 3.63) is 34.1 Å². The van der Waals surface area contributed by atoms with E-state index < -0.39 is 11.0 Å². The first-order valence-corrected chi connectivity index (χ1v) is 8.52. The molecule has 7 heteroatoms. The summed E-state index contributed by atoms with van der Waals surface area (Å²) in [6.07, 6.45) is 0.454. The van der Waals surface area contributed by atoms with Crippen LogP contribution in [0.2, 0.25) is 0 Å². The van der Waals surface area contributed by atoms with Gasteiger partial charge in [-0.15, -0.1) is 12.4 Å². The van der Waals surface area contributed by atoms with Crippen molar-refractivity contribution in [1.82, 2.24) is 4.90 Å². The fourth-order valence-corrected chi connectivity index (χ4v) is 3.54. The lowest BCUT2D eigenvalue weighted by atomic mass is 9.54. The smallest absolute Gasteiger partial charge is 0.243 e. The Bertz CT molecular complexity index is 614. The van der Waals surface area contributed by atoms with Gasteiger partial charge in [-0.3, -0.25) is 4.79 Å². The van der Waals surface area contributed by atoms with E-state index in [9.17, 15) is 9.18 Å². The van der Waals surface area contributed by atoms with Gasteiger partial charge >= 0.3 is 0 Å². The molecule has 0 saturated heterocycles. The van der Waals surface area contributed by atoms with E-state index in [0.717, 1.165) is 4.47 Å². The van der Waals surface area contributed by atoms with Gasteiger partial charge in [0, 0.05) is 42.1 Å². The molecular weight excluding hydrogens is 399 g/mol. The van der Waals surface area contributed by atoms with Gasteiger partial charge in [-0.1, -0.05) is 29.8 Å². The molecule has 1 aromatic carbocycles. The number of nitrogens with zero attached hydrogens (tertiary/aromatic N) is 1. The van der Waals surface area contributed by atoms with Crippen molar-refractivity contribution in [2.45, 2.75) is 45.4 Å². The van der Waals surface area contributed by atoms with E-state index in [4.69, 9.17) is 10.5 Å². The van der Waals surface area contributed by atoms with Crippen LogP contribution in [0.15, 0.2) is 22.7 Å². The van der Waals surface area contributed by atoms with Crippen LogP contribution in [0.4, 0.5) is 4.39 Å². The van der Waals surface area contributed by atoms with Crippen molar-refractivity contribution in [3.8, 4) is 0 Å². The maximum atomic E-state index is 13.9. The second-order valence-corrected chi connectivity index (χ2v) is 7.65. The number of benzene rings is 1. The Balaban J connectivity index is 0.00000288. The summed E-state index contributed by atoms with van der Waals surface area (Å²) in [4.78, 5) is 14.3. The topological polar surface area (TPSA) is 55.6 Å². The van der Waals surface area contributed by atoms with Crippen LogP contribution in [-0.2, 0) is 16.1 Å². The number of nitrogens with two attached hydrogens (primary N) is 1. The second kappa shape index (κ2) is 7.68. The average Bonchev–Trinajstić information content (AvgIpc) is 2.49. The molecule has 24 heavy (non-hydrogen) atoms. The van der Waals surface area contributed by atoms with E-state index in [1.54, 1.807) is 19.2 Å². The van der Waals surface area contributed by atoms with Crippen LogP contribution in [0.5, 0.6) is 0 Å². The summed E-state index contributed by atoms with van der Waals surface area (Å²) in [6.45, 7) is 6.59. The largest absolute Gasteiger partial charge is 0.378 e. The third-order valence-corrected chi connectivity index (χ3v) is 5.47. The van der Waals surface area contributed by atoms with Crippen molar-refractivity contribution >= 4 is 34.2 Å². The third kappa shape index (κ3) is 3.62. The van der Waals surface area contributed by atoms with Gasteiger partial charge in [0.15, 0.2) is 0 Å². The van der Waals surface area contributed by atoms with E-state index in [-0.39, 0.29) is 36.8 Å². The van der Waals surface area contributed by atoms with Crippen LogP contribution in [0.3, 0.4) is 0 Å². The van der Waals surface area contributed by atoms with Crippen molar-refractivity contribution in [3.63, 3.8) is 0 Å². The van der Waals surface area contributed by atoms with Crippen LogP contribution < -0.4 is 5.73 Å². The average molecular weight is 424 g/mol. The molecule has 1 saturated carbocycles. The van der Waals surface area contributed by atoms with E-state index in [2.05, 4.69) is 15.9 Å². The molecule has 1 amide bonds. The summed E-state index contributed by atoms with van der Waals surface area (Å²) >= 11 is 3.32. The molecule has 1 aliphatic rings. The lowest BCUT2D eigenvalue weighted by Gasteiger charge is -2.58. The number of carbonyl (C=O) groups excluding carboxylic acids is 1.